The predicted molar refractivity (Wildman–Crippen MR) is 169 cm³/mol. The second-order valence-electron chi connectivity index (χ2n) is 11.5. The highest BCUT2D eigenvalue weighted by Gasteiger charge is 2.35. The van der Waals surface area contributed by atoms with Gasteiger partial charge in [0.15, 0.2) is 0 Å². The van der Waals surface area contributed by atoms with Crippen LogP contribution in [0.5, 0.6) is 0 Å². The first kappa shape index (κ1) is 30.5. The van der Waals surface area contributed by atoms with E-state index >= 15 is 0 Å². The summed E-state index contributed by atoms with van der Waals surface area (Å²) in [4.78, 5) is 53.2. The second-order valence-corrected chi connectivity index (χ2v) is 11.5. The summed E-state index contributed by atoms with van der Waals surface area (Å²) in [6.07, 6.45) is 2.03. The summed E-state index contributed by atoms with van der Waals surface area (Å²) in [5, 5.41) is 29.9. The molecule has 3 aromatic heterocycles. The monoisotopic (exact) mass is 596 g/mol. The number of H-pyrrole nitrogens is 2. The average molecular weight is 597 g/mol. The highest BCUT2D eigenvalue weighted by molar-refractivity contribution is 6.24. The number of hydrogen-bond donors (Lipinski definition) is 5. The zero-order valence-corrected chi connectivity index (χ0v) is 25.5. The minimum atomic E-state index is -1.23. The number of aromatic nitrogens is 4. The maximum absolute atomic E-state index is 12.7. The van der Waals surface area contributed by atoms with Crippen LogP contribution in [0, 0.1) is 13.8 Å². The van der Waals surface area contributed by atoms with Crippen molar-refractivity contribution in [1.82, 2.24) is 19.9 Å². The third-order valence-corrected chi connectivity index (χ3v) is 8.94. The molecule has 0 saturated heterocycles. The SMILES string of the molecule is C=Cc1c(C)c2cc3nc(c(CC(=O)O)c4nc(cc5[nH]c(cc1[nH]2)c(C)c5CC)C(C)=C4C(=O)O)[C@@H](CCC(=O)O)[C@@H]3C. The predicted octanol–water partition coefficient (Wildman–Crippen LogP) is 6.53. The maximum Gasteiger partial charge on any atom is 0.338 e. The third kappa shape index (κ3) is 5.21. The van der Waals surface area contributed by atoms with Gasteiger partial charge in [-0.2, -0.15) is 0 Å². The average Bonchev–Trinajstić information content (AvgIpc) is 3.63. The van der Waals surface area contributed by atoms with Crippen LogP contribution in [0.15, 0.2) is 24.8 Å². The Morgan fingerprint density at radius 2 is 1.59 bits per heavy atom. The highest BCUT2D eigenvalue weighted by atomic mass is 16.4. The van der Waals surface area contributed by atoms with Crippen LogP contribution < -0.4 is 0 Å². The number of carbonyl (C=O) groups is 3. The molecule has 2 aliphatic heterocycles. The van der Waals surface area contributed by atoms with Crippen LogP contribution in [0.1, 0.15) is 96.0 Å². The number of allylic oxidation sites excluding steroid dienone is 1. The van der Waals surface area contributed by atoms with Gasteiger partial charge in [0.1, 0.15) is 0 Å². The van der Waals surface area contributed by atoms with Gasteiger partial charge in [-0.3, -0.25) is 14.6 Å². The van der Waals surface area contributed by atoms with Crippen LogP contribution in [-0.4, -0.2) is 53.2 Å². The molecule has 44 heavy (non-hydrogen) atoms. The number of aromatic amines is 2. The molecule has 10 heteroatoms. The smallest absolute Gasteiger partial charge is 0.338 e. The molecular formula is C34H36N4O6. The first-order valence-corrected chi connectivity index (χ1v) is 14.6. The molecule has 0 aromatic carbocycles. The summed E-state index contributed by atoms with van der Waals surface area (Å²) in [7, 11) is 0. The molecule has 2 atom stereocenters. The van der Waals surface area contributed by atoms with E-state index in [4.69, 9.17) is 9.97 Å². The third-order valence-electron chi connectivity index (χ3n) is 8.94. The fourth-order valence-corrected chi connectivity index (χ4v) is 6.53. The molecule has 10 nitrogen and oxygen atoms in total. The van der Waals surface area contributed by atoms with E-state index in [9.17, 15) is 29.7 Å². The molecule has 0 fully saturated rings. The van der Waals surface area contributed by atoms with E-state index in [0.717, 1.165) is 44.3 Å². The Balaban J connectivity index is 2.04. The number of nitrogens with zero attached hydrogens (tertiary/aromatic N) is 2. The summed E-state index contributed by atoms with van der Waals surface area (Å²) in [5.74, 6) is -4.13. The van der Waals surface area contributed by atoms with Gasteiger partial charge < -0.3 is 25.3 Å². The standard InChI is InChI=1S/C34H36N4O6/c1-7-19-15(3)23-12-25-17(5)21(9-10-29(39)40)32(37-25)22(11-30(41)42)33-31(34(43)44)18(6)26(38-33)14-28-20(8-2)16(4)24(36-28)13-27(19)35-23/h7,12-14,17,21,35-36H,1,8-11H2,2-6H3,(H,39,40)(H,41,42)(H,43,44)/t17-,21-/m0/s1. The Labute approximate surface area is 254 Å². The Bertz CT molecular complexity index is 1940. The van der Waals surface area contributed by atoms with Gasteiger partial charge in [-0.25, -0.2) is 9.78 Å². The Morgan fingerprint density at radius 3 is 2.20 bits per heavy atom. The molecular weight excluding hydrogens is 560 g/mol. The normalized spacial score (nSPS) is 16.3. The first-order valence-electron chi connectivity index (χ1n) is 14.6. The lowest BCUT2D eigenvalue weighted by Gasteiger charge is -2.17. The quantitative estimate of drug-likeness (QED) is 0.195. The van der Waals surface area contributed by atoms with Gasteiger partial charge in [0.05, 0.1) is 29.1 Å². The summed E-state index contributed by atoms with van der Waals surface area (Å²) >= 11 is 0. The van der Waals surface area contributed by atoms with Crippen molar-refractivity contribution in [3.05, 3.63) is 75.4 Å². The Morgan fingerprint density at radius 1 is 0.909 bits per heavy atom. The van der Waals surface area contributed by atoms with E-state index in [0.29, 0.717) is 29.1 Å². The van der Waals surface area contributed by atoms with Gasteiger partial charge in [-0.1, -0.05) is 26.5 Å². The van der Waals surface area contributed by atoms with Crippen molar-refractivity contribution in [2.75, 3.05) is 0 Å². The van der Waals surface area contributed by atoms with Crippen molar-refractivity contribution in [2.24, 2.45) is 0 Å². The van der Waals surface area contributed by atoms with Crippen LogP contribution in [0.2, 0.25) is 0 Å². The molecule has 5 heterocycles. The Kier molecular flexibility index (Phi) is 8.03. The Hall–Kier alpha value is -4.99. The molecule has 0 amide bonds. The minimum absolute atomic E-state index is 0.0451. The van der Waals surface area contributed by atoms with Gasteiger partial charge in [-0.15, -0.1) is 0 Å². The molecule has 5 N–H and O–H groups in total. The first-order chi connectivity index (χ1) is 20.9. The fraction of sp³-hybridized carbons (Fsp3) is 0.324. The summed E-state index contributed by atoms with van der Waals surface area (Å²) in [5.41, 5.74) is 9.23. The topological polar surface area (TPSA) is 169 Å². The summed E-state index contributed by atoms with van der Waals surface area (Å²) < 4.78 is 0. The number of rotatable bonds is 8. The highest BCUT2D eigenvalue weighted by Crippen LogP contribution is 2.43. The number of aliphatic carboxylic acids is 3. The van der Waals surface area contributed by atoms with Crippen LogP contribution in [0.4, 0.5) is 0 Å². The molecule has 0 aliphatic carbocycles. The number of nitrogens with one attached hydrogen (secondary N) is 2. The molecule has 0 saturated carbocycles. The van der Waals surface area contributed by atoms with E-state index < -0.39 is 30.2 Å². The molecule has 0 radical (unpaired) electrons. The van der Waals surface area contributed by atoms with Gasteiger partial charge >= 0.3 is 17.9 Å². The number of hydrogen-bond acceptors (Lipinski definition) is 5. The maximum atomic E-state index is 12.7. The van der Waals surface area contributed by atoms with Crippen molar-refractivity contribution in [3.8, 4) is 0 Å². The van der Waals surface area contributed by atoms with Crippen LogP contribution >= 0.6 is 0 Å². The van der Waals surface area contributed by atoms with Crippen molar-refractivity contribution in [2.45, 2.75) is 72.1 Å². The van der Waals surface area contributed by atoms with Crippen molar-refractivity contribution >= 4 is 57.2 Å². The molecule has 0 spiro atoms. The lowest BCUT2D eigenvalue weighted by molar-refractivity contribution is -0.138. The van der Waals surface area contributed by atoms with Crippen LogP contribution in [0.25, 0.3) is 39.3 Å². The van der Waals surface area contributed by atoms with Gasteiger partial charge in [-0.05, 0) is 74.1 Å². The van der Waals surface area contributed by atoms with Crippen LogP contribution in [-0.2, 0) is 27.2 Å². The summed E-state index contributed by atoms with van der Waals surface area (Å²) in [6, 6.07) is 5.75. The van der Waals surface area contributed by atoms with E-state index in [2.05, 4.69) is 16.5 Å². The van der Waals surface area contributed by atoms with E-state index in [-0.39, 0.29) is 35.6 Å². The lowest BCUT2D eigenvalue weighted by Crippen LogP contribution is -2.13. The van der Waals surface area contributed by atoms with Crippen molar-refractivity contribution < 1.29 is 29.7 Å². The van der Waals surface area contributed by atoms with Gasteiger partial charge in [0, 0.05) is 57.1 Å². The molecule has 3 aromatic rings. The van der Waals surface area contributed by atoms with Crippen molar-refractivity contribution in [1.29, 1.82) is 0 Å². The minimum Gasteiger partial charge on any atom is -0.481 e. The van der Waals surface area contributed by atoms with Gasteiger partial charge in [0.25, 0.3) is 0 Å². The molecule has 228 valence electrons. The molecule has 2 aliphatic rings. The largest absolute Gasteiger partial charge is 0.481 e. The number of aryl methyl sites for hydroxylation is 3. The lowest BCUT2D eigenvalue weighted by atomic mass is 9.84. The number of carboxylic acid groups (broad SMARTS) is 3. The van der Waals surface area contributed by atoms with Gasteiger partial charge in [0.2, 0.25) is 0 Å². The van der Waals surface area contributed by atoms with Crippen LogP contribution in [0.3, 0.4) is 0 Å². The fourth-order valence-electron chi connectivity index (χ4n) is 6.53. The number of fused-ring (bicyclic) bond motifs is 8. The second kappa shape index (κ2) is 11.6. The summed E-state index contributed by atoms with van der Waals surface area (Å²) in [6.45, 7) is 13.7. The molecule has 5 rings (SSSR count). The molecule has 0 unspecified atom stereocenters. The molecule has 8 bridgehead atoms. The van der Waals surface area contributed by atoms with E-state index in [1.165, 1.54) is 0 Å². The van der Waals surface area contributed by atoms with E-state index in [1.807, 2.05) is 45.9 Å². The van der Waals surface area contributed by atoms with E-state index in [1.54, 1.807) is 13.0 Å². The zero-order chi connectivity index (χ0) is 32.0. The zero-order valence-electron chi connectivity index (χ0n) is 25.5. The number of carboxylic acids is 3. The van der Waals surface area contributed by atoms with Crippen molar-refractivity contribution in [3.63, 3.8) is 0 Å².